The number of rotatable bonds is 8. The van der Waals surface area contributed by atoms with Crippen LogP contribution in [0.2, 0.25) is 0 Å². The Morgan fingerprint density at radius 2 is 1.93 bits per heavy atom. The number of ether oxygens (including phenoxy) is 1. The lowest BCUT2D eigenvalue weighted by atomic mass is 10.2. The van der Waals surface area contributed by atoms with Gasteiger partial charge in [-0.25, -0.2) is 0 Å². The van der Waals surface area contributed by atoms with Crippen LogP contribution in [0.3, 0.4) is 0 Å². The van der Waals surface area contributed by atoms with Crippen LogP contribution in [-0.4, -0.2) is 92.8 Å². The van der Waals surface area contributed by atoms with E-state index in [-0.39, 0.29) is 0 Å². The molecule has 156 valence electrons. The first-order chi connectivity index (χ1) is 13.8. The lowest BCUT2D eigenvalue weighted by Crippen LogP contribution is -2.52. The average Bonchev–Trinajstić information content (AvgIpc) is 3.18. The molecule has 6 nitrogen and oxygen atoms in total. The highest BCUT2D eigenvalue weighted by molar-refractivity contribution is 5.80. The van der Waals surface area contributed by atoms with E-state index in [0.717, 1.165) is 64.9 Å². The van der Waals surface area contributed by atoms with Crippen molar-refractivity contribution in [2.75, 3.05) is 66.1 Å². The van der Waals surface area contributed by atoms with E-state index in [2.05, 4.69) is 57.3 Å². The Morgan fingerprint density at radius 3 is 2.64 bits per heavy atom. The summed E-state index contributed by atoms with van der Waals surface area (Å²) in [6.07, 6.45) is 2.52. The van der Waals surface area contributed by atoms with Crippen molar-refractivity contribution < 1.29 is 4.74 Å². The molecule has 0 aromatic heterocycles. The Bertz CT molecular complexity index is 586. The van der Waals surface area contributed by atoms with Crippen LogP contribution in [0.5, 0.6) is 0 Å². The Morgan fingerprint density at radius 1 is 1.14 bits per heavy atom. The molecule has 28 heavy (non-hydrogen) atoms. The molecular weight excluding hydrogens is 350 g/mol. The smallest absolute Gasteiger partial charge is 0.194 e. The highest BCUT2D eigenvalue weighted by atomic mass is 16.5. The van der Waals surface area contributed by atoms with Gasteiger partial charge in [-0.3, -0.25) is 14.8 Å². The van der Waals surface area contributed by atoms with Crippen molar-refractivity contribution in [3.05, 3.63) is 35.9 Å². The maximum atomic E-state index is 5.26. The van der Waals surface area contributed by atoms with Gasteiger partial charge in [-0.05, 0) is 31.9 Å². The molecule has 0 aliphatic carbocycles. The summed E-state index contributed by atoms with van der Waals surface area (Å²) in [6.45, 7) is 12.3. The maximum Gasteiger partial charge on any atom is 0.194 e. The number of hydrogen-bond acceptors (Lipinski definition) is 4. The lowest BCUT2D eigenvalue weighted by Gasteiger charge is -2.36. The van der Waals surface area contributed by atoms with Gasteiger partial charge in [-0.2, -0.15) is 0 Å². The minimum atomic E-state index is 0.558. The SMILES string of the molecule is CCNC(=NCC1CCCN1CCOC)N1CCN(Cc2ccccc2)CC1. The first-order valence-electron chi connectivity index (χ1n) is 10.8. The molecule has 2 fully saturated rings. The van der Waals surface area contributed by atoms with Gasteiger partial charge in [0.1, 0.15) is 0 Å². The quantitative estimate of drug-likeness (QED) is 0.545. The molecule has 2 aliphatic rings. The number of aliphatic imine (C=N–C) groups is 1. The summed E-state index contributed by atoms with van der Waals surface area (Å²) in [5, 5.41) is 3.51. The van der Waals surface area contributed by atoms with Gasteiger partial charge in [0.2, 0.25) is 0 Å². The molecular formula is C22H37N5O. The van der Waals surface area contributed by atoms with Crippen molar-refractivity contribution in [1.82, 2.24) is 20.0 Å². The van der Waals surface area contributed by atoms with Crippen molar-refractivity contribution >= 4 is 5.96 Å². The molecule has 0 saturated carbocycles. The first kappa shape index (κ1) is 21.1. The van der Waals surface area contributed by atoms with Gasteiger partial charge in [0.25, 0.3) is 0 Å². The number of guanidine groups is 1. The molecule has 2 heterocycles. The van der Waals surface area contributed by atoms with E-state index in [4.69, 9.17) is 9.73 Å². The van der Waals surface area contributed by atoms with Gasteiger partial charge in [0, 0.05) is 59.0 Å². The Hall–Kier alpha value is -1.63. The molecule has 6 heteroatoms. The van der Waals surface area contributed by atoms with E-state index >= 15 is 0 Å². The molecule has 1 unspecified atom stereocenters. The highest BCUT2D eigenvalue weighted by Gasteiger charge is 2.25. The van der Waals surface area contributed by atoms with E-state index < -0.39 is 0 Å². The van der Waals surface area contributed by atoms with Gasteiger partial charge in [-0.15, -0.1) is 0 Å². The third-order valence-corrected chi connectivity index (χ3v) is 5.79. The zero-order chi connectivity index (χ0) is 19.6. The maximum absolute atomic E-state index is 5.26. The molecule has 2 aliphatic heterocycles. The molecule has 0 bridgehead atoms. The van der Waals surface area contributed by atoms with Crippen molar-refractivity contribution in [1.29, 1.82) is 0 Å². The van der Waals surface area contributed by atoms with E-state index in [1.165, 1.54) is 24.9 Å². The fourth-order valence-electron chi connectivity index (χ4n) is 4.18. The molecule has 0 spiro atoms. The number of nitrogens with zero attached hydrogens (tertiary/aromatic N) is 4. The van der Waals surface area contributed by atoms with Crippen LogP contribution >= 0.6 is 0 Å². The minimum Gasteiger partial charge on any atom is -0.383 e. The standard InChI is InChI=1S/C22H37N5O/c1-3-23-22(24-18-21-10-7-11-26(21)16-17-28-2)27-14-12-25(13-15-27)19-20-8-5-4-6-9-20/h4-6,8-9,21H,3,7,10-19H2,1-2H3,(H,23,24). The summed E-state index contributed by atoms with van der Waals surface area (Å²) >= 11 is 0. The minimum absolute atomic E-state index is 0.558. The van der Waals surface area contributed by atoms with Gasteiger partial charge >= 0.3 is 0 Å². The number of piperazine rings is 1. The number of hydrogen-bond donors (Lipinski definition) is 1. The van der Waals surface area contributed by atoms with Crippen molar-refractivity contribution in [3.8, 4) is 0 Å². The summed E-state index contributed by atoms with van der Waals surface area (Å²) in [5.41, 5.74) is 1.40. The van der Waals surface area contributed by atoms with Gasteiger partial charge in [0.05, 0.1) is 13.2 Å². The largest absolute Gasteiger partial charge is 0.383 e. The molecule has 0 radical (unpaired) electrons. The topological polar surface area (TPSA) is 43.3 Å². The molecule has 1 N–H and O–H groups in total. The second-order valence-electron chi connectivity index (χ2n) is 7.77. The van der Waals surface area contributed by atoms with Gasteiger partial charge in [0.15, 0.2) is 5.96 Å². The van der Waals surface area contributed by atoms with Gasteiger partial charge < -0.3 is 15.0 Å². The van der Waals surface area contributed by atoms with Crippen LogP contribution in [0, 0.1) is 0 Å². The molecule has 3 rings (SSSR count). The third-order valence-electron chi connectivity index (χ3n) is 5.79. The van der Waals surface area contributed by atoms with Crippen LogP contribution in [0.1, 0.15) is 25.3 Å². The van der Waals surface area contributed by atoms with Crippen LogP contribution in [0.15, 0.2) is 35.3 Å². The lowest BCUT2D eigenvalue weighted by molar-refractivity contribution is 0.142. The number of likely N-dealkylation sites (tertiary alicyclic amines) is 1. The second-order valence-corrected chi connectivity index (χ2v) is 7.77. The van der Waals surface area contributed by atoms with Crippen molar-refractivity contribution in [3.63, 3.8) is 0 Å². The molecule has 1 aromatic carbocycles. The normalized spacial score (nSPS) is 22.0. The summed E-state index contributed by atoms with van der Waals surface area (Å²) in [7, 11) is 1.78. The average molecular weight is 388 g/mol. The van der Waals surface area contributed by atoms with Gasteiger partial charge in [-0.1, -0.05) is 30.3 Å². The third kappa shape index (κ3) is 6.19. The van der Waals surface area contributed by atoms with Crippen LogP contribution in [-0.2, 0) is 11.3 Å². The molecule has 1 atom stereocenters. The Balaban J connectivity index is 1.50. The second kappa shape index (κ2) is 11.4. The first-order valence-corrected chi connectivity index (χ1v) is 10.8. The van der Waals surface area contributed by atoms with Crippen molar-refractivity contribution in [2.45, 2.75) is 32.4 Å². The van der Waals surface area contributed by atoms with Crippen molar-refractivity contribution in [2.24, 2.45) is 4.99 Å². The number of methoxy groups -OCH3 is 1. The predicted molar refractivity (Wildman–Crippen MR) is 116 cm³/mol. The molecule has 2 saturated heterocycles. The highest BCUT2D eigenvalue weighted by Crippen LogP contribution is 2.17. The summed E-state index contributed by atoms with van der Waals surface area (Å²) in [6, 6.07) is 11.3. The molecule has 1 aromatic rings. The van der Waals surface area contributed by atoms with Crippen LogP contribution in [0.25, 0.3) is 0 Å². The number of benzene rings is 1. The van der Waals surface area contributed by atoms with E-state index in [1.807, 2.05) is 0 Å². The Labute approximate surface area is 170 Å². The Kier molecular flexibility index (Phi) is 8.58. The summed E-state index contributed by atoms with van der Waals surface area (Å²) in [5.74, 6) is 1.08. The summed E-state index contributed by atoms with van der Waals surface area (Å²) in [4.78, 5) is 12.5. The van der Waals surface area contributed by atoms with E-state index in [9.17, 15) is 0 Å². The summed E-state index contributed by atoms with van der Waals surface area (Å²) < 4.78 is 5.26. The fourth-order valence-corrected chi connectivity index (χ4v) is 4.18. The van der Waals surface area contributed by atoms with E-state index in [1.54, 1.807) is 7.11 Å². The zero-order valence-corrected chi connectivity index (χ0v) is 17.6. The van der Waals surface area contributed by atoms with Crippen LogP contribution < -0.4 is 5.32 Å². The van der Waals surface area contributed by atoms with E-state index in [0.29, 0.717) is 6.04 Å². The van der Waals surface area contributed by atoms with Crippen LogP contribution in [0.4, 0.5) is 0 Å². The zero-order valence-electron chi connectivity index (χ0n) is 17.6. The monoisotopic (exact) mass is 387 g/mol. The number of nitrogens with one attached hydrogen (secondary N) is 1. The molecule has 0 amide bonds. The predicted octanol–water partition coefficient (Wildman–Crippen LogP) is 1.88. The fraction of sp³-hybridized carbons (Fsp3) is 0.682.